The second-order valence-corrected chi connectivity index (χ2v) is 9.41. The summed E-state index contributed by atoms with van der Waals surface area (Å²) in [7, 11) is 1.60. The van der Waals surface area contributed by atoms with Crippen LogP contribution in [0.25, 0.3) is 0 Å². The summed E-state index contributed by atoms with van der Waals surface area (Å²) in [4.78, 5) is 28.7. The summed E-state index contributed by atoms with van der Waals surface area (Å²) in [6.07, 6.45) is 1.18. The van der Waals surface area contributed by atoms with Gasteiger partial charge in [0, 0.05) is 24.5 Å². The van der Waals surface area contributed by atoms with Crippen LogP contribution in [-0.4, -0.2) is 43.0 Å². The number of hydrogen-bond donors (Lipinski definition) is 1. The van der Waals surface area contributed by atoms with Crippen molar-refractivity contribution in [1.82, 2.24) is 10.2 Å². The molecule has 6 nitrogen and oxygen atoms in total. The molecule has 0 unspecified atom stereocenters. The summed E-state index contributed by atoms with van der Waals surface area (Å²) < 4.78 is 11.3. The first-order valence-corrected chi connectivity index (χ1v) is 12.8. The van der Waals surface area contributed by atoms with Gasteiger partial charge < -0.3 is 19.7 Å². The van der Waals surface area contributed by atoms with Crippen molar-refractivity contribution in [1.29, 1.82) is 0 Å². The van der Waals surface area contributed by atoms with Crippen LogP contribution in [0.4, 0.5) is 0 Å². The second kappa shape index (κ2) is 13.7. The highest BCUT2D eigenvalue weighted by atomic mass is 35.5. The monoisotopic (exact) mass is 522 g/mol. The topological polar surface area (TPSA) is 67.9 Å². The fourth-order valence-electron chi connectivity index (χ4n) is 4.10. The summed E-state index contributed by atoms with van der Waals surface area (Å²) in [5.41, 5.74) is 3.57. The molecule has 0 bridgehead atoms. The molecule has 7 heteroatoms. The Morgan fingerprint density at radius 2 is 1.62 bits per heavy atom. The van der Waals surface area contributed by atoms with Crippen molar-refractivity contribution in [2.45, 2.75) is 46.2 Å². The Hall–Kier alpha value is -3.51. The van der Waals surface area contributed by atoms with E-state index in [0.29, 0.717) is 29.5 Å². The second-order valence-electron chi connectivity index (χ2n) is 9.03. The molecule has 3 rings (SSSR count). The maximum atomic E-state index is 13.7. The van der Waals surface area contributed by atoms with Crippen LogP contribution in [0.15, 0.2) is 66.7 Å². The third kappa shape index (κ3) is 7.99. The molecule has 37 heavy (non-hydrogen) atoms. The van der Waals surface area contributed by atoms with Crippen LogP contribution in [0.2, 0.25) is 5.02 Å². The number of ether oxygens (including phenoxy) is 2. The predicted molar refractivity (Wildman–Crippen MR) is 147 cm³/mol. The number of rotatable bonds is 12. The Bertz CT molecular complexity index is 1180. The molecular weight excluding hydrogens is 488 g/mol. The van der Waals surface area contributed by atoms with Crippen LogP contribution < -0.4 is 14.8 Å². The lowest BCUT2D eigenvalue weighted by atomic mass is 10.0. The minimum absolute atomic E-state index is 0.194. The molecule has 3 aromatic rings. The van der Waals surface area contributed by atoms with Crippen molar-refractivity contribution < 1.29 is 19.1 Å². The zero-order chi connectivity index (χ0) is 26.8. The van der Waals surface area contributed by atoms with Gasteiger partial charge in [0.15, 0.2) is 6.61 Å². The summed E-state index contributed by atoms with van der Waals surface area (Å²) in [6.45, 7) is 6.34. The van der Waals surface area contributed by atoms with Crippen LogP contribution in [0.1, 0.15) is 35.6 Å². The van der Waals surface area contributed by atoms with E-state index >= 15 is 0 Å². The number of carbonyl (C=O) groups is 2. The summed E-state index contributed by atoms with van der Waals surface area (Å²) in [5, 5.41) is 3.65. The average Bonchev–Trinajstić information content (AvgIpc) is 2.91. The van der Waals surface area contributed by atoms with Gasteiger partial charge in [0.25, 0.3) is 5.91 Å². The quantitative estimate of drug-likeness (QED) is 0.340. The maximum absolute atomic E-state index is 13.7. The molecule has 0 heterocycles. The molecule has 0 fully saturated rings. The smallest absolute Gasteiger partial charge is 0.261 e. The predicted octanol–water partition coefficient (Wildman–Crippen LogP) is 5.51. The lowest BCUT2D eigenvalue weighted by molar-refractivity contribution is -0.142. The van der Waals surface area contributed by atoms with E-state index in [0.717, 1.165) is 28.7 Å². The van der Waals surface area contributed by atoms with Crippen molar-refractivity contribution in [3.05, 3.63) is 94.0 Å². The lowest BCUT2D eigenvalue weighted by Gasteiger charge is -2.31. The van der Waals surface area contributed by atoms with E-state index in [-0.39, 0.29) is 25.0 Å². The van der Waals surface area contributed by atoms with E-state index in [1.165, 1.54) is 0 Å². The molecule has 0 spiro atoms. The fraction of sp³-hybridized carbons (Fsp3) is 0.333. The number of methoxy groups -OCH3 is 1. The number of carbonyl (C=O) groups excluding carboxylic acids is 2. The summed E-state index contributed by atoms with van der Waals surface area (Å²) in [5.74, 6) is 0.758. The zero-order valence-electron chi connectivity index (χ0n) is 21.9. The molecule has 1 atom stereocenters. The Morgan fingerprint density at radius 3 is 2.27 bits per heavy atom. The highest BCUT2D eigenvalue weighted by Gasteiger charge is 2.30. The third-order valence-electron chi connectivity index (χ3n) is 6.08. The van der Waals surface area contributed by atoms with Gasteiger partial charge in [0.05, 0.1) is 7.11 Å². The molecule has 0 aliphatic heterocycles. The Labute approximate surface area is 224 Å². The zero-order valence-corrected chi connectivity index (χ0v) is 22.7. The molecule has 0 aliphatic carbocycles. The maximum Gasteiger partial charge on any atom is 0.261 e. The molecule has 0 aliphatic rings. The minimum Gasteiger partial charge on any atom is -0.497 e. The summed E-state index contributed by atoms with van der Waals surface area (Å²) in [6, 6.07) is 20.1. The SMILES string of the molecule is CCCNC(=O)[C@H](Cc1ccccc1)N(Cc1cccc(OC)c1)C(=O)COc1cc(C)c(Cl)c(C)c1. The Morgan fingerprint density at radius 1 is 0.946 bits per heavy atom. The average molecular weight is 523 g/mol. The van der Waals surface area contributed by atoms with Crippen LogP contribution in [0.3, 0.4) is 0 Å². The van der Waals surface area contributed by atoms with Gasteiger partial charge in [-0.1, -0.05) is 61.0 Å². The van der Waals surface area contributed by atoms with Crippen LogP contribution >= 0.6 is 11.6 Å². The van der Waals surface area contributed by atoms with Crippen molar-refractivity contribution in [2.75, 3.05) is 20.3 Å². The molecule has 196 valence electrons. The molecule has 1 N–H and O–H groups in total. The Balaban J connectivity index is 1.92. The number of benzene rings is 3. The van der Waals surface area contributed by atoms with Crippen LogP contribution in [-0.2, 0) is 22.6 Å². The van der Waals surface area contributed by atoms with Gasteiger partial charge in [0.2, 0.25) is 5.91 Å². The van der Waals surface area contributed by atoms with Gasteiger partial charge in [-0.2, -0.15) is 0 Å². The number of nitrogens with zero attached hydrogens (tertiary/aromatic N) is 1. The highest BCUT2D eigenvalue weighted by Crippen LogP contribution is 2.26. The molecule has 0 aromatic heterocycles. The van der Waals surface area contributed by atoms with Gasteiger partial charge in [0.1, 0.15) is 17.5 Å². The standard InChI is InChI=1S/C30H35ClN2O4/c1-5-14-32-30(35)27(18-23-10-7-6-8-11-23)33(19-24-12-9-13-25(17-24)36-4)28(34)20-37-26-15-21(2)29(31)22(3)16-26/h6-13,15-17,27H,5,14,18-20H2,1-4H3,(H,32,35)/t27-/m0/s1. The van der Waals surface area contributed by atoms with Crippen molar-refractivity contribution in [3.8, 4) is 11.5 Å². The van der Waals surface area contributed by atoms with E-state index in [9.17, 15) is 9.59 Å². The van der Waals surface area contributed by atoms with E-state index in [1.807, 2.05) is 87.5 Å². The van der Waals surface area contributed by atoms with Gasteiger partial charge in [-0.05, 0) is 66.8 Å². The third-order valence-corrected chi connectivity index (χ3v) is 6.68. The molecule has 0 saturated heterocycles. The first-order chi connectivity index (χ1) is 17.8. The fourth-order valence-corrected chi connectivity index (χ4v) is 4.21. The number of amides is 2. The number of aryl methyl sites for hydroxylation is 2. The van der Waals surface area contributed by atoms with Crippen molar-refractivity contribution in [3.63, 3.8) is 0 Å². The molecule has 0 saturated carbocycles. The van der Waals surface area contributed by atoms with E-state index in [4.69, 9.17) is 21.1 Å². The molecule has 2 amide bonds. The van der Waals surface area contributed by atoms with E-state index in [2.05, 4.69) is 5.32 Å². The summed E-state index contributed by atoms with van der Waals surface area (Å²) >= 11 is 6.29. The molecular formula is C30H35ClN2O4. The first-order valence-electron chi connectivity index (χ1n) is 12.5. The van der Waals surface area contributed by atoms with E-state index < -0.39 is 6.04 Å². The number of halogens is 1. The largest absolute Gasteiger partial charge is 0.497 e. The lowest BCUT2D eigenvalue weighted by Crippen LogP contribution is -2.51. The van der Waals surface area contributed by atoms with Gasteiger partial charge in [-0.25, -0.2) is 0 Å². The normalized spacial score (nSPS) is 11.5. The van der Waals surface area contributed by atoms with Gasteiger partial charge in [-0.15, -0.1) is 0 Å². The molecule has 3 aromatic carbocycles. The van der Waals surface area contributed by atoms with Crippen LogP contribution in [0, 0.1) is 13.8 Å². The first kappa shape index (κ1) is 28.1. The number of hydrogen-bond acceptors (Lipinski definition) is 4. The number of nitrogens with one attached hydrogen (secondary N) is 1. The highest BCUT2D eigenvalue weighted by molar-refractivity contribution is 6.32. The minimum atomic E-state index is -0.718. The van der Waals surface area contributed by atoms with Crippen LogP contribution in [0.5, 0.6) is 11.5 Å². The molecule has 0 radical (unpaired) electrons. The van der Waals surface area contributed by atoms with Crippen molar-refractivity contribution in [2.24, 2.45) is 0 Å². The van der Waals surface area contributed by atoms with Gasteiger partial charge >= 0.3 is 0 Å². The van der Waals surface area contributed by atoms with Gasteiger partial charge in [-0.3, -0.25) is 9.59 Å². The Kier molecular flexibility index (Phi) is 10.4. The van der Waals surface area contributed by atoms with Crippen molar-refractivity contribution >= 4 is 23.4 Å². The van der Waals surface area contributed by atoms with E-state index in [1.54, 1.807) is 12.0 Å².